The van der Waals surface area contributed by atoms with E-state index in [9.17, 15) is 19.2 Å². The van der Waals surface area contributed by atoms with Gasteiger partial charge in [0.15, 0.2) is 0 Å². The average molecular weight is 425 g/mol. The number of aliphatic carboxylic acids is 4. The van der Waals surface area contributed by atoms with Gasteiger partial charge < -0.3 is 29.9 Å². The summed E-state index contributed by atoms with van der Waals surface area (Å²) in [6.07, 6.45) is 0.111. The number of hydrogen-bond acceptors (Lipinski definition) is 9. The number of nitrogens with one attached hydrogen (secondary N) is 1. The van der Waals surface area contributed by atoms with Crippen molar-refractivity contribution in [2.45, 2.75) is 26.3 Å². The molecule has 0 amide bonds. The number of carbonyl (C=O) groups is 4. The summed E-state index contributed by atoms with van der Waals surface area (Å²) >= 11 is 0. The summed E-state index contributed by atoms with van der Waals surface area (Å²) in [5.41, 5.74) is 0. The zero-order valence-electron chi connectivity index (χ0n) is 17.0. The monoisotopic (exact) mass is 425 g/mol. The van der Waals surface area contributed by atoms with E-state index >= 15 is 0 Å². The maximum atomic E-state index is 10.6. The number of ether oxygens (including phenoxy) is 2. The predicted molar refractivity (Wildman–Crippen MR) is 99.5 cm³/mol. The molecular weight excluding hydrogens is 394 g/mol. The van der Waals surface area contributed by atoms with E-state index in [0.717, 1.165) is 9.80 Å². The van der Waals surface area contributed by atoms with Gasteiger partial charge >= 0.3 is 23.9 Å². The molecule has 0 bridgehead atoms. The molecule has 13 heteroatoms. The fraction of sp³-hybridized carbons (Fsp3) is 0.750. The van der Waals surface area contributed by atoms with Gasteiger partial charge in [-0.2, -0.15) is 0 Å². The standard InChI is InChI=1S/C10H16N2O8.C6H15NO2/c13-7(14)3-11(4-8(15)16)1-2-12(5-9(17)18)6-10(19)20;1-5(8-3)7-6(2)9-4/h1-6H2,(H,13,14)(H,15,16)(H,17,18)(H,19,20);5-7H,1-4H3. The lowest BCUT2D eigenvalue weighted by molar-refractivity contribution is -0.145. The number of hydrogen-bond donors (Lipinski definition) is 5. The first-order valence-corrected chi connectivity index (χ1v) is 8.54. The maximum absolute atomic E-state index is 10.6. The third kappa shape index (κ3) is 20.2. The molecule has 0 radical (unpaired) electrons. The molecule has 29 heavy (non-hydrogen) atoms. The van der Waals surface area contributed by atoms with Gasteiger partial charge in [-0.3, -0.25) is 34.3 Å². The van der Waals surface area contributed by atoms with Crippen molar-refractivity contribution in [3.63, 3.8) is 0 Å². The van der Waals surface area contributed by atoms with E-state index < -0.39 is 50.1 Å². The van der Waals surface area contributed by atoms with E-state index in [-0.39, 0.29) is 25.5 Å². The number of rotatable bonds is 15. The van der Waals surface area contributed by atoms with E-state index in [1.807, 2.05) is 13.8 Å². The van der Waals surface area contributed by atoms with Gasteiger partial charge in [0, 0.05) is 27.3 Å². The van der Waals surface area contributed by atoms with Gasteiger partial charge in [0.1, 0.15) is 12.5 Å². The van der Waals surface area contributed by atoms with Gasteiger partial charge in [0.25, 0.3) is 0 Å². The highest BCUT2D eigenvalue weighted by atomic mass is 16.5. The maximum Gasteiger partial charge on any atom is 0.317 e. The second-order valence-electron chi connectivity index (χ2n) is 5.92. The van der Waals surface area contributed by atoms with E-state index in [1.54, 1.807) is 14.2 Å². The fourth-order valence-corrected chi connectivity index (χ4v) is 1.94. The normalized spacial score (nSPS) is 12.8. The Balaban J connectivity index is 0. The molecule has 5 N–H and O–H groups in total. The first kappa shape index (κ1) is 28.9. The Kier molecular flexibility index (Phi) is 16.6. The summed E-state index contributed by atoms with van der Waals surface area (Å²) in [5, 5.41) is 37.5. The molecule has 0 spiro atoms. The molecule has 13 nitrogen and oxygen atoms in total. The van der Waals surface area contributed by atoms with Gasteiger partial charge in [-0.05, 0) is 13.8 Å². The molecule has 0 rings (SSSR count). The Morgan fingerprint density at radius 2 is 0.931 bits per heavy atom. The summed E-state index contributed by atoms with van der Waals surface area (Å²) < 4.78 is 9.86. The minimum absolute atomic E-state index is 0.0555. The Morgan fingerprint density at radius 1 is 0.690 bits per heavy atom. The van der Waals surface area contributed by atoms with Gasteiger partial charge in [0.2, 0.25) is 0 Å². The minimum Gasteiger partial charge on any atom is -0.480 e. The van der Waals surface area contributed by atoms with Gasteiger partial charge in [0.05, 0.1) is 26.2 Å². The summed E-state index contributed by atoms with van der Waals surface area (Å²) in [6, 6.07) is 0. The van der Waals surface area contributed by atoms with Crippen molar-refractivity contribution >= 4 is 23.9 Å². The number of methoxy groups -OCH3 is 2. The molecule has 170 valence electrons. The van der Waals surface area contributed by atoms with E-state index in [0.29, 0.717) is 0 Å². The SMILES string of the molecule is COC(C)NC(C)OC.O=C(O)CN(CCN(CC(=O)O)CC(=O)O)CC(=O)O. The van der Waals surface area contributed by atoms with Gasteiger partial charge in [-0.25, -0.2) is 0 Å². The van der Waals surface area contributed by atoms with Crippen LogP contribution >= 0.6 is 0 Å². The molecule has 2 atom stereocenters. The number of carboxylic acid groups (broad SMARTS) is 4. The van der Waals surface area contributed by atoms with Crippen LogP contribution < -0.4 is 5.32 Å². The molecule has 0 aliphatic heterocycles. The highest BCUT2D eigenvalue weighted by Crippen LogP contribution is 1.94. The second-order valence-corrected chi connectivity index (χ2v) is 5.92. The highest BCUT2D eigenvalue weighted by Gasteiger charge is 2.18. The van der Waals surface area contributed by atoms with E-state index in [2.05, 4.69) is 5.32 Å². The molecule has 0 aliphatic rings. The van der Waals surface area contributed by atoms with Crippen molar-refractivity contribution in [2.75, 3.05) is 53.5 Å². The fourth-order valence-electron chi connectivity index (χ4n) is 1.94. The third-order valence-corrected chi connectivity index (χ3v) is 3.34. The largest absolute Gasteiger partial charge is 0.480 e. The molecule has 0 aliphatic carbocycles. The number of carboxylic acids is 4. The molecule has 0 aromatic carbocycles. The van der Waals surface area contributed by atoms with Crippen molar-refractivity contribution in [3.05, 3.63) is 0 Å². The Hall–Kier alpha value is -2.32. The van der Waals surface area contributed by atoms with Crippen LogP contribution in [0.15, 0.2) is 0 Å². The van der Waals surface area contributed by atoms with Crippen LogP contribution in [0.3, 0.4) is 0 Å². The van der Waals surface area contributed by atoms with Crippen LogP contribution in [0.25, 0.3) is 0 Å². The summed E-state index contributed by atoms with van der Waals surface area (Å²) in [6.45, 7) is 1.60. The topological polar surface area (TPSA) is 186 Å². The molecule has 2 unspecified atom stereocenters. The van der Waals surface area contributed by atoms with Crippen LogP contribution in [-0.2, 0) is 28.7 Å². The lowest BCUT2D eigenvalue weighted by Gasteiger charge is -2.23. The lowest BCUT2D eigenvalue weighted by Crippen LogP contribution is -2.43. The molecular formula is C16H31N3O10. The first-order valence-electron chi connectivity index (χ1n) is 8.54. The zero-order valence-corrected chi connectivity index (χ0v) is 17.0. The molecule has 0 saturated heterocycles. The van der Waals surface area contributed by atoms with Gasteiger partial charge in [-0.1, -0.05) is 0 Å². The minimum atomic E-state index is -1.23. The third-order valence-electron chi connectivity index (χ3n) is 3.34. The van der Waals surface area contributed by atoms with E-state index in [1.165, 1.54) is 0 Å². The molecule has 0 saturated carbocycles. The summed E-state index contributed by atoms with van der Waals surface area (Å²) in [7, 11) is 3.31. The Labute approximate surface area is 168 Å². The Morgan fingerprint density at radius 3 is 1.10 bits per heavy atom. The van der Waals surface area contributed by atoms with Crippen molar-refractivity contribution in [1.82, 2.24) is 15.1 Å². The first-order chi connectivity index (χ1) is 13.4. The second kappa shape index (κ2) is 16.6. The number of nitrogens with zero attached hydrogens (tertiary/aromatic N) is 2. The molecule has 0 fully saturated rings. The van der Waals surface area contributed by atoms with Crippen LogP contribution in [0.2, 0.25) is 0 Å². The van der Waals surface area contributed by atoms with Crippen molar-refractivity contribution in [1.29, 1.82) is 0 Å². The van der Waals surface area contributed by atoms with E-state index in [4.69, 9.17) is 29.9 Å². The van der Waals surface area contributed by atoms with Crippen molar-refractivity contribution in [2.24, 2.45) is 0 Å². The smallest absolute Gasteiger partial charge is 0.317 e. The van der Waals surface area contributed by atoms with Crippen LogP contribution in [0.5, 0.6) is 0 Å². The average Bonchev–Trinajstić information content (AvgIpc) is 2.57. The molecule has 0 aromatic rings. The molecule has 0 heterocycles. The van der Waals surface area contributed by atoms with Crippen LogP contribution in [0.4, 0.5) is 0 Å². The van der Waals surface area contributed by atoms with Crippen LogP contribution in [0.1, 0.15) is 13.8 Å². The predicted octanol–water partition coefficient (Wildman–Crippen LogP) is -1.51. The summed E-state index contributed by atoms with van der Waals surface area (Å²) in [5.74, 6) is -4.91. The summed E-state index contributed by atoms with van der Waals surface area (Å²) in [4.78, 5) is 44.4. The van der Waals surface area contributed by atoms with Crippen LogP contribution in [-0.4, -0.2) is 120 Å². The quantitative estimate of drug-likeness (QED) is 0.191. The van der Waals surface area contributed by atoms with Crippen LogP contribution in [0, 0.1) is 0 Å². The molecule has 0 aromatic heterocycles. The van der Waals surface area contributed by atoms with Crippen molar-refractivity contribution < 1.29 is 49.1 Å². The van der Waals surface area contributed by atoms with Crippen molar-refractivity contribution in [3.8, 4) is 0 Å². The highest BCUT2D eigenvalue weighted by molar-refractivity contribution is 5.73. The Bertz CT molecular complexity index is 441. The lowest BCUT2D eigenvalue weighted by atomic mass is 10.4. The van der Waals surface area contributed by atoms with Gasteiger partial charge in [-0.15, -0.1) is 0 Å². The zero-order chi connectivity index (χ0) is 23.0.